The Morgan fingerprint density at radius 3 is 2.27 bits per heavy atom. The van der Waals surface area contributed by atoms with Gasteiger partial charge in [0.1, 0.15) is 0 Å². The number of hydrogen-bond donors (Lipinski definition) is 0. The Morgan fingerprint density at radius 2 is 1.73 bits per heavy atom. The summed E-state index contributed by atoms with van der Waals surface area (Å²) in [7, 11) is 0. The van der Waals surface area contributed by atoms with Gasteiger partial charge in [0.2, 0.25) is 0 Å². The summed E-state index contributed by atoms with van der Waals surface area (Å²) in [6, 6.07) is 0. The highest BCUT2D eigenvalue weighted by Gasteiger charge is 2.43. The summed E-state index contributed by atoms with van der Waals surface area (Å²) < 4.78 is 0. The zero-order valence-electron chi connectivity index (χ0n) is 7.44. The summed E-state index contributed by atoms with van der Waals surface area (Å²) >= 11 is 2.08. The highest BCUT2D eigenvalue weighted by Crippen LogP contribution is 2.54. The molecule has 0 aromatic heterocycles. The molecule has 11 heavy (non-hydrogen) atoms. The van der Waals surface area contributed by atoms with Crippen LogP contribution in [0.3, 0.4) is 0 Å². The fourth-order valence-electron chi connectivity index (χ4n) is 2.78. The van der Waals surface area contributed by atoms with Crippen molar-refractivity contribution in [3.63, 3.8) is 0 Å². The summed E-state index contributed by atoms with van der Waals surface area (Å²) in [5, 5.41) is 1.02. The Morgan fingerprint density at radius 1 is 1.09 bits per heavy atom. The third-order valence-corrected chi connectivity index (χ3v) is 4.57. The first-order valence-corrected chi connectivity index (χ1v) is 6.16. The maximum atomic E-state index is 2.26. The maximum absolute atomic E-state index is 2.26. The first-order chi connectivity index (χ1) is 5.35. The number of thioether (sulfide) groups is 1. The number of hydrogen-bond acceptors (Lipinski definition) is 1. The standard InChI is InChI=1S/C10H18S/c1-11-9-7-10(8-9)5-3-2-4-6-10/h9H,2-8H2,1H3. The molecule has 0 unspecified atom stereocenters. The van der Waals surface area contributed by atoms with Gasteiger partial charge in [-0.2, -0.15) is 11.8 Å². The smallest absolute Gasteiger partial charge is 0.00548 e. The van der Waals surface area contributed by atoms with Gasteiger partial charge < -0.3 is 0 Å². The van der Waals surface area contributed by atoms with Crippen LogP contribution in [0.5, 0.6) is 0 Å². The van der Waals surface area contributed by atoms with Gasteiger partial charge >= 0.3 is 0 Å². The lowest BCUT2D eigenvalue weighted by Gasteiger charge is -2.49. The third-order valence-electron chi connectivity index (χ3n) is 3.57. The highest BCUT2D eigenvalue weighted by atomic mass is 32.2. The first kappa shape index (κ1) is 7.97. The summed E-state index contributed by atoms with van der Waals surface area (Å²) in [4.78, 5) is 0. The van der Waals surface area contributed by atoms with E-state index < -0.39 is 0 Å². The van der Waals surface area contributed by atoms with Gasteiger partial charge in [0.05, 0.1) is 0 Å². The maximum Gasteiger partial charge on any atom is 0.00548 e. The van der Waals surface area contributed by atoms with Crippen molar-refractivity contribution in [1.29, 1.82) is 0 Å². The van der Waals surface area contributed by atoms with Gasteiger partial charge in [0, 0.05) is 5.25 Å². The summed E-state index contributed by atoms with van der Waals surface area (Å²) in [6.07, 6.45) is 13.0. The molecule has 1 heteroatoms. The third kappa shape index (κ3) is 1.44. The predicted octanol–water partition coefficient (Wildman–Crippen LogP) is 3.46. The van der Waals surface area contributed by atoms with E-state index in [9.17, 15) is 0 Å². The molecule has 0 aromatic rings. The second-order valence-electron chi connectivity index (χ2n) is 4.33. The highest BCUT2D eigenvalue weighted by molar-refractivity contribution is 7.99. The quantitative estimate of drug-likeness (QED) is 0.580. The van der Waals surface area contributed by atoms with Crippen molar-refractivity contribution in [1.82, 2.24) is 0 Å². The Bertz CT molecular complexity index is 128. The lowest BCUT2D eigenvalue weighted by molar-refractivity contribution is 0.0850. The summed E-state index contributed by atoms with van der Waals surface area (Å²) in [5.74, 6) is 0. The second kappa shape index (κ2) is 3.01. The van der Waals surface area contributed by atoms with Gasteiger partial charge in [-0.25, -0.2) is 0 Å². The van der Waals surface area contributed by atoms with Crippen molar-refractivity contribution in [3.8, 4) is 0 Å². The van der Waals surface area contributed by atoms with Crippen molar-refractivity contribution >= 4 is 11.8 Å². The second-order valence-corrected chi connectivity index (χ2v) is 5.46. The van der Waals surface area contributed by atoms with E-state index in [1.165, 1.54) is 32.1 Å². The van der Waals surface area contributed by atoms with E-state index in [-0.39, 0.29) is 0 Å². The van der Waals surface area contributed by atoms with Crippen molar-refractivity contribution in [3.05, 3.63) is 0 Å². The lowest BCUT2D eigenvalue weighted by atomic mass is 9.60. The van der Waals surface area contributed by atoms with Crippen LogP contribution in [0.25, 0.3) is 0 Å². The Kier molecular flexibility index (Phi) is 2.18. The molecule has 2 aliphatic rings. The van der Waals surface area contributed by atoms with Crippen LogP contribution in [0, 0.1) is 5.41 Å². The molecule has 2 fully saturated rings. The average molecular weight is 170 g/mol. The largest absolute Gasteiger partial charge is 0.162 e. The fraction of sp³-hybridized carbons (Fsp3) is 1.00. The number of rotatable bonds is 1. The van der Waals surface area contributed by atoms with E-state index in [4.69, 9.17) is 0 Å². The molecule has 0 aliphatic heterocycles. The molecule has 64 valence electrons. The van der Waals surface area contributed by atoms with Gasteiger partial charge in [-0.3, -0.25) is 0 Å². The molecule has 0 heterocycles. The van der Waals surface area contributed by atoms with Gasteiger partial charge in [0.25, 0.3) is 0 Å². The van der Waals surface area contributed by atoms with Crippen molar-refractivity contribution < 1.29 is 0 Å². The monoisotopic (exact) mass is 170 g/mol. The molecule has 0 atom stereocenters. The minimum Gasteiger partial charge on any atom is -0.162 e. The molecule has 2 rings (SSSR count). The Balaban J connectivity index is 1.84. The van der Waals surface area contributed by atoms with E-state index >= 15 is 0 Å². The molecule has 0 amide bonds. The SMILES string of the molecule is CSC1CC2(CCCCC2)C1. The van der Waals surface area contributed by atoms with E-state index in [2.05, 4.69) is 18.0 Å². The van der Waals surface area contributed by atoms with Crippen LogP contribution in [-0.2, 0) is 0 Å². The lowest BCUT2D eigenvalue weighted by Crippen LogP contribution is -2.40. The van der Waals surface area contributed by atoms with E-state index in [0.29, 0.717) is 0 Å². The summed E-state index contributed by atoms with van der Waals surface area (Å²) in [6.45, 7) is 0. The van der Waals surface area contributed by atoms with Gasteiger partial charge in [-0.05, 0) is 37.4 Å². The van der Waals surface area contributed by atoms with Crippen LogP contribution in [-0.4, -0.2) is 11.5 Å². The zero-order valence-corrected chi connectivity index (χ0v) is 8.25. The van der Waals surface area contributed by atoms with Crippen LogP contribution in [0.4, 0.5) is 0 Å². The van der Waals surface area contributed by atoms with Crippen molar-refractivity contribution in [2.24, 2.45) is 5.41 Å². The minimum atomic E-state index is 0.853. The molecule has 2 aliphatic carbocycles. The molecular formula is C10H18S. The predicted molar refractivity (Wildman–Crippen MR) is 52.1 cm³/mol. The van der Waals surface area contributed by atoms with Gasteiger partial charge in [-0.1, -0.05) is 19.3 Å². The molecule has 0 radical (unpaired) electrons. The molecule has 0 N–H and O–H groups in total. The van der Waals surface area contributed by atoms with Crippen LogP contribution in [0.2, 0.25) is 0 Å². The molecule has 0 saturated heterocycles. The minimum absolute atomic E-state index is 0.853. The van der Waals surface area contributed by atoms with E-state index in [1.54, 1.807) is 12.8 Å². The Labute approximate surface area is 74.1 Å². The van der Waals surface area contributed by atoms with E-state index in [0.717, 1.165) is 10.7 Å². The molecule has 2 saturated carbocycles. The van der Waals surface area contributed by atoms with Crippen LogP contribution in [0.1, 0.15) is 44.9 Å². The van der Waals surface area contributed by atoms with Crippen LogP contribution in [0.15, 0.2) is 0 Å². The van der Waals surface area contributed by atoms with Gasteiger partial charge in [0.15, 0.2) is 0 Å². The molecule has 1 spiro atoms. The molecule has 0 bridgehead atoms. The average Bonchev–Trinajstić information content (AvgIpc) is 2.01. The molecule has 0 nitrogen and oxygen atoms in total. The summed E-state index contributed by atoms with van der Waals surface area (Å²) in [5.41, 5.74) is 0.853. The van der Waals surface area contributed by atoms with Crippen molar-refractivity contribution in [2.75, 3.05) is 6.26 Å². The molecular weight excluding hydrogens is 152 g/mol. The first-order valence-electron chi connectivity index (χ1n) is 4.87. The molecule has 0 aromatic carbocycles. The normalized spacial score (nSPS) is 30.3. The topological polar surface area (TPSA) is 0 Å². The van der Waals surface area contributed by atoms with Crippen molar-refractivity contribution in [2.45, 2.75) is 50.2 Å². The zero-order chi connectivity index (χ0) is 7.73. The van der Waals surface area contributed by atoms with Crippen LogP contribution >= 0.6 is 11.8 Å². The fourth-order valence-corrected chi connectivity index (χ4v) is 3.82. The van der Waals surface area contributed by atoms with Gasteiger partial charge in [-0.15, -0.1) is 0 Å². The van der Waals surface area contributed by atoms with E-state index in [1.807, 2.05) is 0 Å². The Hall–Kier alpha value is 0.350. The van der Waals surface area contributed by atoms with Crippen LogP contribution < -0.4 is 0 Å².